The maximum atomic E-state index is 16.6. The van der Waals surface area contributed by atoms with E-state index in [4.69, 9.17) is 0 Å². The molecular formula is C30H23F3N4O4S. The van der Waals surface area contributed by atoms with E-state index in [2.05, 4.69) is 10.1 Å². The number of rotatable bonds is 9. The molecule has 0 spiro atoms. The van der Waals surface area contributed by atoms with Gasteiger partial charge in [0, 0.05) is 30.7 Å². The highest BCUT2D eigenvalue weighted by Gasteiger charge is 2.32. The molecule has 0 radical (unpaired) electrons. The fraction of sp³-hybridized carbons (Fsp3) is 0.100. The Labute approximate surface area is 239 Å². The zero-order chi connectivity index (χ0) is 30.0. The lowest BCUT2D eigenvalue weighted by molar-refractivity contribution is 0.0695. The molecule has 5 rings (SSSR count). The van der Waals surface area contributed by atoms with Crippen molar-refractivity contribution in [1.82, 2.24) is 14.8 Å². The van der Waals surface area contributed by atoms with E-state index in [1.807, 2.05) is 0 Å². The molecule has 0 bridgehead atoms. The third-order valence-electron chi connectivity index (χ3n) is 6.60. The molecule has 2 aromatic heterocycles. The highest BCUT2D eigenvalue weighted by molar-refractivity contribution is 7.92. The first-order valence-corrected chi connectivity index (χ1v) is 14.1. The van der Waals surface area contributed by atoms with Crippen LogP contribution in [0.25, 0.3) is 22.4 Å². The minimum absolute atomic E-state index is 0.0305. The number of aryl methyl sites for hydroxylation is 1. The topological polar surface area (TPSA) is 105 Å². The van der Waals surface area contributed by atoms with Gasteiger partial charge >= 0.3 is 5.97 Å². The Hall–Kier alpha value is -4.97. The number of anilines is 1. The van der Waals surface area contributed by atoms with Crippen LogP contribution >= 0.6 is 0 Å². The number of hydrogen-bond acceptors (Lipinski definition) is 5. The number of carbonyl (C=O) groups is 1. The normalized spacial score (nSPS) is 11.4. The van der Waals surface area contributed by atoms with Crippen molar-refractivity contribution in [2.45, 2.75) is 24.9 Å². The molecule has 0 unspecified atom stereocenters. The fourth-order valence-corrected chi connectivity index (χ4v) is 6.01. The number of pyridine rings is 1. The van der Waals surface area contributed by atoms with Gasteiger partial charge in [0.15, 0.2) is 5.82 Å². The van der Waals surface area contributed by atoms with Crippen LogP contribution in [0.5, 0.6) is 0 Å². The highest BCUT2D eigenvalue weighted by atomic mass is 32.2. The van der Waals surface area contributed by atoms with Crippen molar-refractivity contribution < 1.29 is 31.5 Å². The van der Waals surface area contributed by atoms with E-state index in [9.17, 15) is 22.7 Å². The van der Waals surface area contributed by atoms with Crippen LogP contribution in [0.4, 0.5) is 18.9 Å². The molecule has 3 aromatic carbocycles. The minimum Gasteiger partial charge on any atom is -0.478 e. The van der Waals surface area contributed by atoms with Crippen molar-refractivity contribution >= 4 is 21.7 Å². The summed E-state index contributed by atoms with van der Waals surface area (Å²) < 4.78 is 76.1. The summed E-state index contributed by atoms with van der Waals surface area (Å²) in [5.41, 5.74) is -0.480. The molecule has 0 fully saturated rings. The van der Waals surface area contributed by atoms with Crippen molar-refractivity contribution in [3.63, 3.8) is 0 Å². The minimum atomic E-state index is -4.71. The molecule has 12 heteroatoms. The average molecular weight is 593 g/mol. The molecule has 0 amide bonds. The van der Waals surface area contributed by atoms with Gasteiger partial charge in [0.05, 0.1) is 28.3 Å². The molecule has 1 N–H and O–H groups in total. The van der Waals surface area contributed by atoms with E-state index < -0.39 is 56.1 Å². The Morgan fingerprint density at radius 1 is 0.976 bits per heavy atom. The predicted octanol–water partition coefficient (Wildman–Crippen LogP) is 6.14. The summed E-state index contributed by atoms with van der Waals surface area (Å²) in [5, 5.41) is 14.1. The van der Waals surface area contributed by atoms with Crippen LogP contribution in [-0.2, 0) is 23.1 Å². The smallest absolute Gasteiger partial charge is 0.336 e. The van der Waals surface area contributed by atoms with E-state index in [0.29, 0.717) is 22.0 Å². The average Bonchev–Trinajstić information content (AvgIpc) is 3.41. The molecule has 0 aliphatic carbocycles. The number of nitrogens with zero attached hydrogens (tertiary/aromatic N) is 4. The van der Waals surface area contributed by atoms with Crippen LogP contribution in [0.3, 0.4) is 0 Å². The lowest BCUT2D eigenvalue weighted by atomic mass is 10.0. The van der Waals surface area contributed by atoms with Crippen LogP contribution < -0.4 is 4.31 Å². The first-order valence-electron chi connectivity index (χ1n) is 12.7. The van der Waals surface area contributed by atoms with Crippen LogP contribution in [0.2, 0.25) is 0 Å². The van der Waals surface area contributed by atoms with Gasteiger partial charge in [0.2, 0.25) is 0 Å². The molecule has 8 nitrogen and oxygen atoms in total. The highest BCUT2D eigenvalue weighted by Crippen LogP contribution is 2.39. The Bertz CT molecular complexity index is 1900. The number of halogens is 3. The number of carboxylic acids is 1. The summed E-state index contributed by atoms with van der Waals surface area (Å²) in [7, 11) is -4.71. The van der Waals surface area contributed by atoms with E-state index in [-0.39, 0.29) is 16.8 Å². The number of aromatic carboxylic acids is 1. The molecule has 42 heavy (non-hydrogen) atoms. The molecule has 0 atom stereocenters. The van der Waals surface area contributed by atoms with E-state index in [1.165, 1.54) is 47.4 Å². The second-order valence-electron chi connectivity index (χ2n) is 9.17. The first kappa shape index (κ1) is 28.6. The lowest BCUT2D eigenvalue weighted by Gasteiger charge is -2.26. The Balaban J connectivity index is 1.75. The van der Waals surface area contributed by atoms with Gasteiger partial charge in [0.1, 0.15) is 17.3 Å². The molecule has 5 aromatic rings. The Kier molecular flexibility index (Phi) is 7.81. The van der Waals surface area contributed by atoms with Crippen molar-refractivity contribution in [3.8, 4) is 22.4 Å². The van der Waals surface area contributed by atoms with Crippen LogP contribution in [0.15, 0.2) is 96.3 Å². The molecule has 214 valence electrons. The van der Waals surface area contributed by atoms with Gasteiger partial charge < -0.3 is 5.11 Å². The fourth-order valence-electron chi connectivity index (χ4n) is 4.54. The summed E-state index contributed by atoms with van der Waals surface area (Å²) in [5.74, 6) is -4.43. The molecule has 0 aliphatic heterocycles. The van der Waals surface area contributed by atoms with Gasteiger partial charge in [-0.2, -0.15) is 5.10 Å². The summed E-state index contributed by atoms with van der Waals surface area (Å²) in [6.07, 6.45) is 4.64. The number of sulfonamides is 1. The third-order valence-corrected chi connectivity index (χ3v) is 8.35. The maximum absolute atomic E-state index is 16.6. The van der Waals surface area contributed by atoms with Crippen molar-refractivity contribution in [3.05, 3.63) is 120 Å². The monoisotopic (exact) mass is 592 g/mol. The lowest BCUT2D eigenvalue weighted by Crippen LogP contribution is -2.32. The Morgan fingerprint density at radius 3 is 2.40 bits per heavy atom. The zero-order valence-corrected chi connectivity index (χ0v) is 22.9. The van der Waals surface area contributed by atoms with Gasteiger partial charge in [-0.25, -0.2) is 26.4 Å². The summed E-state index contributed by atoms with van der Waals surface area (Å²) in [6.45, 7) is 1.53. The first-order chi connectivity index (χ1) is 20.1. The molecular weight excluding hydrogens is 569 g/mol. The third kappa shape index (κ3) is 5.36. The molecule has 0 saturated carbocycles. The zero-order valence-electron chi connectivity index (χ0n) is 22.1. The largest absolute Gasteiger partial charge is 0.478 e. The predicted molar refractivity (Wildman–Crippen MR) is 150 cm³/mol. The van der Waals surface area contributed by atoms with E-state index in [1.54, 1.807) is 25.3 Å². The Morgan fingerprint density at radius 2 is 1.71 bits per heavy atom. The van der Waals surface area contributed by atoms with Crippen LogP contribution in [0.1, 0.15) is 22.8 Å². The van der Waals surface area contributed by atoms with Crippen LogP contribution in [-0.4, -0.2) is 34.3 Å². The van der Waals surface area contributed by atoms with E-state index in [0.717, 1.165) is 30.3 Å². The van der Waals surface area contributed by atoms with E-state index >= 15 is 8.78 Å². The summed E-state index contributed by atoms with van der Waals surface area (Å²) in [6, 6.07) is 14.9. The van der Waals surface area contributed by atoms with Crippen LogP contribution in [0, 0.1) is 17.5 Å². The second kappa shape index (κ2) is 11.5. The summed E-state index contributed by atoms with van der Waals surface area (Å²) >= 11 is 0. The maximum Gasteiger partial charge on any atom is 0.336 e. The molecule has 0 saturated heterocycles. The van der Waals surface area contributed by atoms with Crippen molar-refractivity contribution in [2.75, 3.05) is 4.31 Å². The standard InChI is InChI=1S/C30H23F3N4O4S/c1-2-36-18-24(19-12-14-34-15-13-19)29(35-36)27-25(32)10-11-26(28(27)33)37(17-20-6-3-4-9-23(20)30(38)39)42(40,41)22-8-5-7-21(31)16-22/h3-16,18H,2,17H2,1H3,(H,38,39). The van der Waals surface area contributed by atoms with Gasteiger partial charge in [-0.15, -0.1) is 0 Å². The van der Waals surface area contributed by atoms with Gasteiger partial charge in [-0.1, -0.05) is 24.3 Å². The van der Waals surface area contributed by atoms with Crippen molar-refractivity contribution in [1.29, 1.82) is 0 Å². The summed E-state index contributed by atoms with van der Waals surface area (Å²) in [4.78, 5) is 15.4. The number of hydrogen-bond donors (Lipinski definition) is 1. The molecule has 2 heterocycles. The van der Waals surface area contributed by atoms with Gasteiger partial charge in [-0.05, 0) is 66.6 Å². The number of benzene rings is 3. The van der Waals surface area contributed by atoms with Gasteiger partial charge in [0.25, 0.3) is 10.0 Å². The number of aromatic nitrogens is 3. The molecule has 0 aliphatic rings. The number of carboxylic acid groups (broad SMARTS) is 1. The quantitative estimate of drug-likeness (QED) is 0.220. The SMILES string of the molecule is CCn1cc(-c2ccncc2)c(-c2c(F)ccc(N(Cc3ccccc3C(=O)O)S(=O)(=O)c3cccc(F)c3)c2F)n1. The second-order valence-corrected chi connectivity index (χ2v) is 11.0. The van der Waals surface area contributed by atoms with Crippen molar-refractivity contribution in [2.24, 2.45) is 0 Å². The van der Waals surface area contributed by atoms with Gasteiger partial charge in [-0.3, -0.25) is 14.0 Å².